The largest absolute Gasteiger partial charge is 0.365 e. The predicted octanol–water partition coefficient (Wildman–Crippen LogP) is 4.87. The third-order valence-electron chi connectivity index (χ3n) is 4.98. The molecule has 0 spiro atoms. The van der Waals surface area contributed by atoms with E-state index < -0.39 is 23.8 Å². The van der Waals surface area contributed by atoms with E-state index in [4.69, 9.17) is 17.3 Å². The van der Waals surface area contributed by atoms with Crippen molar-refractivity contribution in [3.05, 3.63) is 75.6 Å². The number of nitrogens with one attached hydrogen (secondary N) is 2. The monoisotopic (exact) mass is 469 g/mol. The number of halogens is 1. The summed E-state index contributed by atoms with van der Waals surface area (Å²) in [5.41, 5.74) is 7.75. The fourth-order valence-electron chi connectivity index (χ4n) is 3.41. The van der Waals surface area contributed by atoms with Crippen molar-refractivity contribution in [2.75, 3.05) is 5.32 Å². The summed E-state index contributed by atoms with van der Waals surface area (Å²) in [5, 5.41) is 6.21. The first-order valence-electron chi connectivity index (χ1n) is 10.1. The van der Waals surface area contributed by atoms with Gasteiger partial charge in [0.25, 0.3) is 11.8 Å². The zero-order valence-corrected chi connectivity index (χ0v) is 19.5. The number of hydrogen-bond donors (Lipinski definition) is 3. The lowest BCUT2D eigenvalue weighted by Gasteiger charge is -2.22. The molecule has 8 heteroatoms. The molecule has 0 aliphatic carbocycles. The lowest BCUT2D eigenvalue weighted by Crippen LogP contribution is -2.47. The number of carbonyl (C=O) groups is 3. The Kier molecular flexibility index (Phi) is 7.33. The van der Waals surface area contributed by atoms with Crippen LogP contribution in [-0.4, -0.2) is 23.8 Å². The standard InChI is InChI=1S/C24H24ClN3O3S/c1-13(2)20(27-22(30)16-11-7-8-12-17(16)25)23(31)28-24-19(21(26)29)18(14(3)32-24)15-9-5-4-6-10-15/h4-13,20H,1-3H3,(H2,26,29)(H,27,30)(H,28,31). The van der Waals surface area contributed by atoms with Gasteiger partial charge in [0.2, 0.25) is 5.91 Å². The Hall–Kier alpha value is -3.16. The average Bonchev–Trinajstić information content (AvgIpc) is 3.08. The van der Waals surface area contributed by atoms with Crippen molar-refractivity contribution < 1.29 is 14.4 Å². The first-order valence-corrected chi connectivity index (χ1v) is 11.2. The van der Waals surface area contributed by atoms with Gasteiger partial charge in [-0.1, -0.05) is 67.9 Å². The highest BCUT2D eigenvalue weighted by atomic mass is 35.5. The Bertz CT molecular complexity index is 1160. The summed E-state index contributed by atoms with van der Waals surface area (Å²) in [7, 11) is 0. The minimum absolute atomic E-state index is 0.215. The minimum atomic E-state index is -0.845. The van der Waals surface area contributed by atoms with E-state index in [-0.39, 0.29) is 17.0 Å². The topological polar surface area (TPSA) is 101 Å². The SMILES string of the molecule is Cc1sc(NC(=O)C(NC(=O)c2ccccc2Cl)C(C)C)c(C(N)=O)c1-c1ccccc1. The average molecular weight is 470 g/mol. The van der Waals surface area contributed by atoms with Gasteiger partial charge in [0.05, 0.1) is 16.1 Å². The number of benzene rings is 2. The zero-order valence-electron chi connectivity index (χ0n) is 17.9. The van der Waals surface area contributed by atoms with Gasteiger partial charge in [0, 0.05) is 10.4 Å². The molecule has 3 aromatic rings. The van der Waals surface area contributed by atoms with Gasteiger partial charge in [-0.05, 0) is 30.5 Å². The number of rotatable bonds is 7. The first kappa shape index (κ1) is 23.5. The van der Waals surface area contributed by atoms with Gasteiger partial charge in [0.1, 0.15) is 11.0 Å². The van der Waals surface area contributed by atoms with E-state index in [1.165, 1.54) is 11.3 Å². The van der Waals surface area contributed by atoms with E-state index in [0.717, 1.165) is 10.4 Å². The van der Waals surface area contributed by atoms with Crippen molar-refractivity contribution in [1.82, 2.24) is 5.32 Å². The van der Waals surface area contributed by atoms with Crippen molar-refractivity contribution in [2.24, 2.45) is 11.7 Å². The molecule has 1 aromatic heterocycles. The van der Waals surface area contributed by atoms with Crippen molar-refractivity contribution in [3.63, 3.8) is 0 Å². The molecule has 0 saturated carbocycles. The summed E-state index contributed by atoms with van der Waals surface area (Å²) < 4.78 is 0. The number of primary amides is 1. The summed E-state index contributed by atoms with van der Waals surface area (Å²) in [6.07, 6.45) is 0. The zero-order chi connectivity index (χ0) is 23.4. The Morgan fingerprint density at radius 2 is 1.62 bits per heavy atom. The second-order valence-corrected chi connectivity index (χ2v) is 9.26. The van der Waals surface area contributed by atoms with Crippen LogP contribution < -0.4 is 16.4 Å². The summed E-state index contributed by atoms with van der Waals surface area (Å²) >= 11 is 7.39. The molecular weight excluding hydrogens is 446 g/mol. The molecule has 0 aliphatic heterocycles. The highest BCUT2D eigenvalue weighted by Gasteiger charge is 2.29. The normalized spacial score (nSPS) is 11.8. The molecule has 4 N–H and O–H groups in total. The van der Waals surface area contributed by atoms with Crippen LogP contribution in [0.25, 0.3) is 11.1 Å². The maximum atomic E-state index is 13.1. The second kappa shape index (κ2) is 9.97. The van der Waals surface area contributed by atoms with Gasteiger partial charge >= 0.3 is 0 Å². The molecule has 0 saturated heterocycles. The van der Waals surface area contributed by atoms with Crippen LogP contribution in [0.1, 0.15) is 39.4 Å². The van der Waals surface area contributed by atoms with Crippen LogP contribution >= 0.6 is 22.9 Å². The van der Waals surface area contributed by atoms with E-state index in [0.29, 0.717) is 15.6 Å². The van der Waals surface area contributed by atoms with E-state index in [1.54, 1.807) is 24.3 Å². The van der Waals surface area contributed by atoms with Gasteiger partial charge in [-0.15, -0.1) is 11.3 Å². The summed E-state index contributed by atoms with van der Waals surface area (Å²) in [6, 6.07) is 15.2. The van der Waals surface area contributed by atoms with Crippen LogP contribution in [0.3, 0.4) is 0 Å². The van der Waals surface area contributed by atoms with Crippen LogP contribution in [0.15, 0.2) is 54.6 Å². The van der Waals surface area contributed by atoms with Gasteiger partial charge in [-0.25, -0.2) is 0 Å². The third-order valence-corrected chi connectivity index (χ3v) is 6.33. The predicted molar refractivity (Wildman–Crippen MR) is 129 cm³/mol. The Balaban J connectivity index is 1.90. The molecule has 1 atom stereocenters. The van der Waals surface area contributed by atoms with Crippen LogP contribution in [0.2, 0.25) is 5.02 Å². The van der Waals surface area contributed by atoms with Gasteiger partial charge in [0.15, 0.2) is 0 Å². The smallest absolute Gasteiger partial charge is 0.253 e. The summed E-state index contributed by atoms with van der Waals surface area (Å²) in [5.74, 6) is -1.74. The highest BCUT2D eigenvalue weighted by molar-refractivity contribution is 7.17. The van der Waals surface area contributed by atoms with E-state index in [9.17, 15) is 14.4 Å². The quantitative estimate of drug-likeness (QED) is 0.460. The van der Waals surface area contributed by atoms with Crippen LogP contribution in [-0.2, 0) is 4.79 Å². The molecule has 1 heterocycles. The molecule has 166 valence electrons. The van der Waals surface area contributed by atoms with Crippen molar-refractivity contribution >= 4 is 45.7 Å². The maximum absolute atomic E-state index is 13.1. The third kappa shape index (κ3) is 5.00. The van der Waals surface area contributed by atoms with Crippen LogP contribution in [0.5, 0.6) is 0 Å². The number of amides is 3. The van der Waals surface area contributed by atoms with Crippen molar-refractivity contribution in [2.45, 2.75) is 26.8 Å². The molecule has 0 aliphatic rings. The molecule has 0 bridgehead atoms. The number of aryl methyl sites for hydroxylation is 1. The first-order chi connectivity index (χ1) is 15.2. The van der Waals surface area contributed by atoms with Crippen LogP contribution in [0, 0.1) is 12.8 Å². The molecule has 3 amide bonds. The lowest BCUT2D eigenvalue weighted by atomic mass is 10.0. The summed E-state index contributed by atoms with van der Waals surface area (Å²) in [4.78, 5) is 39.0. The Morgan fingerprint density at radius 1 is 1.00 bits per heavy atom. The number of nitrogens with two attached hydrogens (primary N) is 1. The maximum Gasteiger partial charge on any atom is 0.253 e. The highest BCUT2D eigenvalue weighted by Crippen LogP contribution is 2.39. The fourth-order valence-corrected chi connectivity index (χ4v) is 4.72. The van der Waals surface area contributed by atoms with E-state index in [2.05, 4.69) is 10.6 Å². The molecular formula is C24H24ClN3O3S. The molecule has 3 rings (SSSR count). The van der Waals surface area contributed by atoms with Gasteiger partial charge in [-0.3, -0.25) is 14.4 Å². The number of thiophene rings is 1. The van der Waals surface area contributed by atoms with Crippen molar-refractivity contribution in [3.8, 4) is 11.1 Å². The molecule has 1 unspecified atom stereocenters. The van der Waals surface area contributed by atoms with E-state index in [1.807, 2.05) is 51.1 Å². The number of hydrogen-bond acceptors (Lipinski definition) is 4. The van der Waals surface area contributed by atoms with Crippen LogP contribution in [0.4, 0.5) is 5.00 Å². The lowest BCUT2D eigenvalue weighted by molar-refractivity contribution is -0.118. The molecule has 2 aromatic carbocycles. The molecule has 6 nitrogen and oxygen atoms in total. The molecule has 0 radical (unpaired) electrons. The molecule has 32 heavy (non-hydrogen) atoms. The Labute approximate surface area is 195 Å². The van der Waals surface area contributed by atoms with Gasteiger partial charge in [-0.2, -0.15) is 0 Å². The number of carbonyl (C=O) groups excluding carboxylic acids is 3. The summed E-state index contributed by atoms with van der Waals surface area (Å²) in [6.45, 7) is 5.51. The Morgan fingerprint density at radius 3 is 2.22 bits per heavy atom. The minimum Gasteiger partial charge on any atom is -0.365 e. The van der Waals surface area contributed by atoms with Gasteiger partial charge < -0.3 is 16.4 Å². The van der Waals surface area contributed by atoms with E-state index >= 15 is 0 Å². The second-order valence-electron chi connectivity index (χ2n) is 7.63. The van der Waals surface area contributed by atoms with Crippen molar-refractivity contribution in [1.29, 1.82) is 0 Å². The fraction of sp³-hybridized carbons (Fsp3) is 0.208. The number of anilines is 1. The molecule has 0 fully saturated rings.